The summed E-state index contributed by atoms with van der Waals surface area (Å²) < 4.78 is 0. The second kappa shape index (κ2) is 6.38. The summed E-state index contributed by atoms with van der Waals surface area (Å²) in [6, 6.07) is 0. The molecule has 1 N–H and O–H groups in total. The van der Waals surface area contributed by atoms with E-state index in [4.69, 9.17) is 0 Å². The molecule has 0 aliphatic carbocycles. The molecule has 0 amide bonds. The van der Waals surface area contributed by atoms with Gasteiger partial charge in [-0.05, 0) is 38.0 Å². The minimum atomic E-state index is -0.246. The number of nitrogens with zero attached hydrogens (tertiary/aromatic N) is 2. The summed E-state index contributed by atoms with van der Waals surface area (Å²) in [6.07, 6.45) is 3.27. The molecule has 0 aromatic carbocycles. The Hall–Kier alpha value is -0.380. The largest absolute Gasteiger partial charge is 0.378 e. The Morgan fingerprint density at radius 3 is 2.21 bits per heavy atom. The van der Waals surface area contributed by atoms with Crippen molar-refractivity contribution in [2.24, 2.45) is 17.8 Å². The van der Waals surface area contributed by atoms with Crippen LogP contribution >= 0.6 is 0 Å². The molecule has 2 rings (SSSR count). The quantitative estimate of drug-likeness (QED) is 0.773. The molecule has 0 saturated carbocycles. The normalized spacial score (nSPS) is 29.8. The molecule has 3 heteroatoms. The average Bonchev–Trinajstić information content (AvgIpc) is 2.84. The van der Waals surface area contributed by atoms with Crippen LogP contribution in [0.2, 0.25) is 0 Å². The van der Waals surface area contributed by atoms with Crippen LogP contribution in [-0.2, 0) is 0 Å². The molecule has 0 radical (unpaired) electrons. The summed E-state index contributed by atoms with van der Waals surface area (Å²) in [6.45, 7) is 14.4. The predicted octanol–water partition coefficient (Wildman–Crippen LogP) is 2.18. The number of fused-ring (bicyclic) bond motifs is 1. The van der Waals surface area contributed by atoms with E-state index >= 15 is 0 Å². The molecule has 110 valence electrons. The number of aliphatic hydroxyl groups is 1. The van der Waals surface area contributed by atoms with Crippen molar-refractivity contribution in [2.75, 3.05) is 32.7 Å². The summed E-state index contributed by atoms with van der Waals surface area (Å²) >= 11 is 0. The van der Waals surface area contributed by atoms with E-state index in [9.17, 15) is 5.11 Å². The maximum absolute atomic E-state index is 10.2. The van der Waals surface area contributed by atoms with Gasteiger partial charge >= 0.3 is 0 Å². The van der Waals surface area contributed by atoms with Crippen LogP contribution in [-0.4, -0.2) is 53.9 Å². The summed E-state index contributed by atoms with van der Waals surface area (Å²) in [5.41, 5.74) is 1.42. The molecule has 2 saturated heterocycles. The maximum Gasteiger partial charge on any atom is 0.109 e. The van der Waals surface area contributed by atoms with Gasteiger partial charge in [-0.3, -0.25) is 4.90 Å². The molecule has 3 atom stereocenters. The molecule has 0 bridgehead atoms. The van der Waals surface area contributed by atoms with Gasteiger partial charge in [-0.1, -0.05) is 25.5 Å². The maximum atomic E-state index is 10.2. The van der Waals surface area contributed by atoms with Gasteiger partial charge in [0.2, 0.25) is 0 Å². The van der Waals surface area contributed by atoms with Crippen LogP contribution < -0.4 is 0 Å². The second-order valence-corrected chi connectivity index (χ2v) is 6.96. The third-order valence-corrected chi connectivity index (χ3v) is 4.56. The van der Waals surface area contributed by atoms with Gasteiger partial charge in [0, 0.05) is 32.7 Å². The van der Waals surface area contributed by atoms with Crippen molar-refractivity contribution in [3.05, 3.63) is 11.6 Å². The molecule has 2 heterocycles. The van der Waals surface area contributed by atoms with E-state index in [0.29, 0.717) is 5.92 Å². The molecule has 0 aromatic heterocycles. The Morgan fingerprint density at radius 1 is 1.16 bits per heavy atom. The average molecular weight is 266 g/mol. The van der Waals surface area contributed by atoms with Crippen LogP contribution in [0.5, 0.6) is 0 Å². The zero-order valence-electron chi connectivity index (χ0n) is 13.0. The van der Waals surface area contributed by atoms with Gasteiger partial charge < -0.3 is 10.0 Å². The van der Waals surface area contributed by atoms with Crippen LogP contribution in [0, 0.1) is 17.8 Å². The van der Waals surface area contributed by atoms with Gasteiger partial charge in [-0.25, -0.2) is 0 Å². The molecule has 19 heavy (non-hydrogen) atoms. The topological polar surface area (TPSA) is 26.7 Å². The highest BCUT2D eigenvalue weighted by molar-refractivity contribution is 4.96. The summed E-state index contributed by atoms with van der Waals surface area (Å²) in [5.74, 6) is 1.90. The van der Waals surface area contributed by atoms with E-state index in [1.807, 2.05) is 0 Å². The first-order chi connectivity index (χ1) is 8.97. The van der Waals surface area contributed by atoms with Gasteiger partial charge in [-0.15, -0.1) is 0 Å². The van der Waals surface area contributed by atoms with Crippen LogP contribution in [0.1, 0.15) is 34.1 Å². The smallest absolute Gasteiger partial charge is 0.109 e. The number of allylic oxidation sites excluding steroid dienone is 1. The van der Waals surface area contributed by atoms with E-state index in [1.165, 1.54) is 31.6 Å². The molecule has 2 aliphatic heterocycles. The van der Waals surface area contributed by atoms with E-state index in [-0.39, 0.29) is 6.23 Å². The minimum Gasteiger partial charge on any atom is -0.378 e. The summed E-state index contributed by atoms with van der Waals surface area (Å²) in [5, 5.41) is 10.2. The number of aliphatic hydroxyl groups excluding tert-OH is 1. The Labute approximate surface area is 118 Å². The zero-order valence-corrected chi connectivity index (χ0v) is 13.0. The molecule has 3 nitrogen and oxygen atoms in total. The van der Waals surface area contributed by atoms with Gasteiger partial charge in [0.25, 0.3) is 0 Å². The summed E-state index contributed by atoms with van der Waals surface area (Å²) in [4.78, 5) is 4.89. The highest BCUT2D eigenvalue weighted by atomic mass is 16.3. The molecular weight excluding hydrogens is 236 g/mol. The van der Waals surface area contributed by atoms with Crippen molar-refractivity contribution < 1.29 is 5.11 Å². The monoisotopic (exact) mass is 266 g/mol. The van der Waals surface area contributed by atoms with Crippen LogP contribution in [0.15, 0.2) is 11.6 Å². The zero-order chi connectivity index (χ0) is 14.0. The minimum absolute atomic E-state index is 0.246. The number of hydrogen-bond donors (Lipinski definition) is 1. The van der Waals surface area contributed by atoms with Crippen molar-refractivity contribution in [3.8, 4) is 0 Å². The Balaban J connectivity index is 1.76. The molecule has 3 unspecified atom stereocenters. The van der Waals surface area contributed by atoms with E-state index in [0.717, 1.165) is 24.9 Å². The van der Waals surface area contributed by atoms with Crippen molar-refractivity contribution in [2.45, 2.75) is 40.3 Å². The number of rotatable bonds is 5. The first-order valence-corrected chi connectivity index (χ1v) is 7.75. The first-order valence-electron chi connectivity index (χ1n) is 7.75. The molecular formula is C16H30N2O. The van der Waals surface area contributed by atoms with Gasteiger partial charge in [-0.2, -0.15) is 0 Å². The highest BCUT2D eigenvalue weighted by Crippen LogP contribution is 2.32. The summed E-state index contributed by atoms with van der Waals surface area (Å²) in [7, 11) is 0. The van der Waals surface area contributed by atoms with Crippen LogP contribution in [0.3, 0.4) is 0 Å². The predicted molar refractivity (Wildman–Crippen MR) is 79.9 cm³/mol. The lowest BCUT2D eigenvalue weighted by Gasteiger charge is -2.28. The van der Waals surface area contributed by atoms with Crippen molar-refractivity contribution in [1.29, 1.82) is 0 Å². The van der Waals surface area contributed by atoms with Gasteiger partial charge in [0.1, 0.15) is 6.23 Å². The number of hydrogen-bond acceptors (Lipinski definition) is 3. The Kier molecular flexibility index (Phi) is 5.04. The molecule has 0 aromatic rings. The van der Waals surface area contributed by atoms with Crippen molar-refractivity contribution in [1.82, 2.24) is 9.80 Å². The second-order valence-electron chi connectivity index (χ2n) is 6.96. The fourth-order valence-corrected chi connectivity index (χ4v) is 3.48. The molecule has 2 aliphatic rings. The van der Waals surface area contributed by atoms with E-state index < -0.39 is 0 Å². The third-order valence-electron chi connectivity index (χ3n) is 4.56. The van der Waals surface area contributed by atoms with E-state index in [2.05, 4.69) is 43.6 Å². The number of likely N-dealkylation sites (tertiary alicyclic amines) is 2. The molecule has 0 spiro atoms. The van der Waals surface area contributed by atoms with Gasteiger partial charge in [0.05, 0.1) is 0 Å². The first kappa shape index (κ1) is 15.0. The van der Waals surface area contributed by atoms with E-state index in [1.54, 1.807) is 0 Å². The molecule has 2 fully saturated rings. The fraction of sp³-hybridized carbons (Fsp3) is 0.875. The standard InChI is InChI=1S/C16H30N2O/c1-12(2)6-5-7-17-8-14-10-18(11-15(14)9-17)16(19)13(3)4/h6,13-16,19H,5,7-11H2,1-4H3. The fourth-order valence-electron chi connectivity index (χ4n) is 3.48. The van der Waals surface area contributed by atoms with Crippen LogP contribution in [0.25, 0.3) is 0 Å². The SMILES string of the molecule is CC(C)=CCCN1CC2CN(C(O)C(C)C)CC2C1. The van der Waals surface area contributed by atoms with Crippen molar-refractivity contribution >= 4 is 0 Å². The lowest BCUT2D eigenvalue weighted by atomic mass is 10.0. The lowest BCUT2D eigenvalue weighted by Crippen LogP contribution is -2.39. The third kappa shape index (κ3) is 3.80. The van der Waals surface area contributed by atoms with Gasteiger partial charge in [0.15, 0.2) is 0 Å². The Bertz CT molecular complexity index is 309. The Morgan fingerprint density at radius 2 is 1.74 bits per heavy atom. The van der Waals surface area contributed by atoms with Crippen molar-refractivity contribution in [3.63, 3.8) is 0 Å². The lowest BCUT2D eigenvalue weighted by molar-refractivity contribution is -0.0212. The highest BCUT2D eigenvalue weighted by Gasteiger charge is 2.41. The van der Waals surface area contributed by atoms with Crippen LogP contribution in [0.4, 0.5) is 0 Å².